The van der Waals surface area contributed by atoms with Crippen LogP contribution in [0.15, 0.2) is 46.2 Å². The van der Waals surface area contributed by atoms with Crippen LogP contribution in [-0.2, 0) is 21.7 Å². The summed E-state index contributed by atoms with van der Waals surface area (Å²) in [6.45, 7) is 5.42. The van der Waals surface area contributed by atoms with Crippen molar-refractivity contribution in [3.8, 4) is 0 Å². The summed E-state index contributed by atoms with van der Waals surface area (Å²) in [4.78, 5) is 12.9. The summed E-state index contributed by atoms with van der Waals surface area (Å²) in [5, 5.41) is 11.6. The second-order valence-electron chi connectivity index (χ2n) is 7.01. The van der Waals surface area contributed by atoms with Gasteiger partial charge in [0, 0.05) is 22.9 Å². The van der Waals surface area contributed by atoms with E-state index in [1.165, 1.54) is 17.3 Å². The van der Waals surface area contributed by atoms with Gasteiger partial charge in [-0.25, -0.2) is 0 Å². The van der Waals surface area contributed by atoms with Crippen molar-refractivity contribution in [3.63, 3.8) is 0 Å². The van der Waals surface area contributed by atoms with Crippen molar-refractivity contribution in [2.24, 2.45) is 0 Å². The first-order valence-corrected chi connectivity index (χ1v) is 9.68. The van der Waals surface area contributed by atoms with Gasteiger partial charge >= 0.3 is 0 Å². The largest absolute Gasteiger partial charge is 0.343 e. The highest BCUT2D eigenvalue weighted by molar-refractivity contribution is 7.99. The Morgan fingerprint density at radius 3 is 2.46 bits per heavy atom. The molecule has 0 radical (unpaired) electrons. The van der Waals surface area contributed by atoms with Gasteiger partial charge in [-0.2, -0.15) is 0 Å². The monoisotopic (exact) mass is 371 g/mol. The SMILES string of the molecule is CC(C)c1ccc(Sc2cc3c(cc2[N+](=O)[O-])CCC32OCCO2)cc1. The third kappa shape index (κ3) is 3.02. The molecule has 1 saturated heterocycles. The summed E-state index contributed by atoms with van der Waals surface area (Å²) >= 11 is 1.42. The lowest BCUT2D eigenvalue weighted by molar-refractivity contribution is -0.387. The van der Waals surface area contributed by atoms with Crippen LogP contribution in [0, 0.1) is 10.1 Å². The number of hydrogen-bond donors (Lipinski definition) is 0. The van der Waals surface area contributed by atoms with Gasteiger partial charge in [-0.1, -0.05) is 37.7 Å². The second kappa shape index (κ2) is 6.68. The molecule has 0 unspecified atom stereocenters. The van der Waals surface area contributed by atoms with Gasteiger partial charge in [0.25, 0.3) is 5.69 Å². The van der Waals surface area contributed by atoms with Gasteiger partial charge in [0.1, 0.15) is 0 Å². The van der Waals surface area contributed by atoms with Gasteiger partial charge in [0.15, 0.2) is 5.79 Å². The Hall–Kier alpha value is -1.89. The minimum atomic E-state index is -0.707. The molecule has 1 aliphatic heterocycles. The Bertz CT molecular complexity index is 842. The van der Waals surface area contributed by atoms with E-state index in [2.05, 4.69) is 26.0 Å². The van der Waals surface area contributed by atoms with E-state index < -0.39 is 5.79 Å². The third-order valence-electron chi connectivity index (χ3n) is 5.04. The number of nitro benzene ring substituents is 1. The maximum atomic E-state index is 11.6. The fourth-order valence-corrected chi connectivity index (χ4v) is 4.57. The van der Waals surface area contributed by atoms with Crippen molar-refractivity contribution < 1.29 is 14.4 Å². The Morgan fingerprint density at radius 2 is 1.85 bits per heavy atom. The van der Waals surface area contributed by atoms with E-state index in [0.717, 1.165) is 28.9 Å². The Morgan fingerprint density at radius 1 is 1.15 bits per heavy atom. The van der Waals surface area contributed by atoms with Crippen LogP contribution in [0.3, 0.4) is 0 Å². The minimum Gasteiger partial charge on any atom is -0.343 e. The summed E-state index contributed by atoms with van der Waals surface area (Å²) in [5.74, 6) is -0.249. The molecular weight excluding hydrogens is 350 g/mol. The number of nitro groups is 1. The molecule has 1 fully saturated rings. The molecule has 1 spiro atoms. The summed E-state index contributed by atoms with van der Waals surface area (Å²) in [6, 6.07) is 11.8. The highest BCUT2D eigenvalue weighted by atomic mass is 32.2. The average Bonchev–Trinajstić information content (AvgIpc) is 3.23. The van der Waals surface area contributed by atoms with Crippen LogP contribution < -0.4 is 0 Å². The second-order valence-corrected chi connectivity index (χ2v) is 8.13. The maximum Gasteiger partial charge on any atom is 0.283 e. The van der Waals surface area contributed by atoms with E-state index in [9.17, 15) is 10.1 Å². The first-order chi connectivity index (χ1) is 12.5. The molecule has 6 heteroatoms. The van der Waals surface area contributed by atoms with Crippen molar-refractivity contribution in [1.82, 2.24) is 0 Å². The standard InChI is InChI=1S/C20H21NO4S/c1-13(2)14-3-5-16(6-4-14)26-19-12-17-15(11-18(19)21(22)23)7-8-20(17)24-9-10-25-20/h3-6,11-13H,7-10H2,1-2H3. The molecule has 2 aromatic carbocycles. The molecule has 4 rings (SSSR count). The minimum absolute atomic E-state index is 0.150. The summed E-state index contributed by atoms with van der Waals surface area (Å²) in [7, 11) is 0. The number of fused-ring (bicyclic) bond motifs is 2. The predicted octanol–water partition coefficient (Wildman–Crippen LogP) is 5.02. The predicted molar refractivity (Wildman–Crippen MR) is 99.7 cm³/mol. The van der Waals surface area contributed by atoms with E-state index in [1.807, 2.05) is 18.2 Å². The maximum absolute atomic E-state index is 11.6. The lowest BCUT2D eigenvalue weighted by Gasteiger charge is -2.23. The number of benzene rings is 2. The number of hydrogen-bond acceptors (Lipinski definition) is 5. The van der Waals surface area contributed by atoms with E-state index in [4.69, 9.17) is 9.47 Å². The fraction of sp³-hybridized carbons (Fsp3) is 0.400. The Labute approximate surface area is 156 Å². The van der Waals surface area contributed by atoms with Crippen LogP contribution in [-0.4, -0.2) is 18.1 Å². The van der Waals surface area contributed by atoms with Crippen molar-refractivity contribution in [1.29, 1.82) is 0 Å². The highest BCUT2D eigenvalue weighted by Gasteiger charge is 2.45. The molecule has 26 heavy (non-hydrogen) atoms. The lowest BCUT2D eigenvalue weighted by atomic mass is 10.0. The molecule has 0 N–H and O–H groups in total. The number of rotatable bonds is 4. The number of ether oxygens (including phenoxy) is 2. The molecule has 1 heterocycles. The fourth-order valence-electron chi connectivity index (χ4n) is 3.63. The molecule has 0 aromatic heterocycles. The van der Waals surface area contributed by atoms with Crippen LogP contribution >= 0.6 is 11.8 Å². The molecule has 0 amide bonds. The zero-order valence-electron chi connectivity index (χ0n) is 14.9. The normalized spacial score (nSPS) is 17.8. The molecular formula is C20H21NO4S. The molecule has 136 valence electrons. The van der Waals surface area contributed by atoms with Gasteiger partial charge in [0.2, 0.25) is 0 Å². The molecule has 1 aliphatic carbocycles. The zero-order chi connectivity index (χ0) is 18.3. The van der Waals surface area contributed by atoms with Crippen molar-refractivity contribution >= 4 is 17.4 Å². The molecule has 0 saturated carbocycles. The van der Waals surface area contributed by atoms with Crippen molar-refractivity contribution in [3.05, 3.63) is 63.2 Å². The highest BCUT2D eigenvalue weighted by Crippen LogP contribution is 2.48. The summed E-state index contributed by atoms with van der Waals surface area (Å²) in [6.07, 6.45) is 1.46. The van der Waals surface area contributed by atoms with Gasteiger partial charge in [-0.05, 0) is 41.7 Å². The Balaban J connectivity index is 1.71. The van der Waals surface area contributed by atoms with Crippen LogP contribution in [0.1, 0.15) is 42.9 Å². The van der Waals surface area contributed by atoms with Crippen LogP contribution in [0.5, 0.6) is 0 Å². The average molecular weight is 371 g/mol. The molecule has 5 nitrogen and oxygen atoms in total. The molecule has 2 aliphatic rings. The summed E-state index contributed by atoms with van der Waals surface area (Å²) < 4.78 is 11.7. The molecule has 2 aromatic rings. The van der Waals surface area contributed by atoms with Crippen molar-refractivity contribution in [2.45, 2.75) is 48.2 Å². The van der Waals surface area contributed by atoms with Crippen molar-refractivity contribution in [2.75, 3.05) is 13.2 Å². The first-order valence-electron chi connectivity index (χ1n) is 8.86. The topological polar surface area (TPSA) is 61.6 Å². The third-order valence-corrected chi connectivity index (χ3v) is 6.10. The van der Waals surface area contributed by atoms with E-state index in [-0.39, 0.29) is 10.6 Å². The van der Waals surface area contributed by atoms with Gasteiger partial charge in [-0.3, -0.25) is 10.1 Å². The number of aryl methyl sites for hydroxylation is 1. The number of nitrogens with zero attached hydrogens (tertiary/aromatic N) is 1. The smallest absolute Gasteiger partial charge is 0.283 e. The summed E-state index contributed by atoms with van der Waals surface area (Å²) in [5.41, 5.74) is 3.31. The molecule has 0 bridgehead atoms. The van der Waals surface area contributed by atoms with Gasteiger partial charge < -0.3 is 9.47 Å². The molecule has 0 atom stereocenters. The van der Waals surface area contributed by atoms with E-state index >= 15 is 0 Å². The Kier molecular flexibility index (Phi) is 4.50. The van der Waals surface area contributed by atoms with Gasteiger partial charge in [-0.15, -0.1) is 0 Å². The first kappa shape index (κ1) is 17.5. The van der Waals surface area contributed by atoms with Crippen LogP contribution in [0.2, 0.25) is 0 Å². The quantitative estimate of drug-likeness (QED) is 0.558. The van der Waals surface area contributed by atoms with Crippen LogP contribution in [0.4, 0.5) is 5.69 Å². The van der Waals surface area contributed by atoms with Crippen LogP contribution in [0.25, 0.3) is 0 Å². The van der Waals surface area contributed by atoms with E-state index in [1.54, 1.807) is 6.07 Å². The van der Waals surface area contributed by atoms with E-state index in [0.29, 0.717) is 24.0 Å². The lowest BCUT2D eigenvalue weighted by Crippen LogP contribution is -2.23. The zero-order valence-corrected chi connectivity index (χ0v) is 15.7. The van der Waals surface area contributed by atoms with Gasteiger partial charge in [0.05, 0.1) is 23.0 Å².